The second-order valence-electron chi connectivity index (χ2n) is 5.37. The molecule has 134 valence electrons. The zero-order valence-electron chi connectivity index (χ0n) is 13.0. The summed E-state index contributed by atoms with van der Waals surface area (Å²) < 4.78 is 54.9. The Morgan fingerprint density at radius 1 is 1.33 bits per heavy atom. The second-order valence-corrected chi connectivity index (χ2v) is 9.92. The molecule has 1 fully saturated rings. The maximum absolute atomic E-state index is 12.9. The number of nitrogens with zero attached hydrogens (tertiary/aromatic N) is 1. The Balaban J connectivity index is 2.37. The molecule has 1 aliphatic rings. The molecule has 0 saturated carbocycles. The normalized spacial score (nSPS) is 20.2. The van der Waals surface area contributed by atoms with E-state index in [0.29, 0.717) is 5.02 Å². The largest absolute Gasteiger partial charge is 0.465 e. The topological polar surface area (TPSA) is 97.8 Å². The van der Waals surface area contributed by atoms with E-state index in [1.54, 1.807) is 6.92 Å². The number of benzene rings is 1. The van der Waals surface area contributed by atoms with Crippen molar-refractivity contribution in [2.24, 2.45) is 0 Å². The Kier molecular flexibility index (Phi) is 5.90. The lowest BCUT2D eigenvalue weighted by molar-refractivity contribution is -0.143. The third-order valence-electron chi connectivity index (χ3n) is 3.63. The lowest BCUT2D eigenvalue weighted by Gasteiger charge is -2.26. The molecule has 0 radical (unpaired) electrons. The summed E-state index contributed by atoms with van der Waals surface area (Å²) in [5.74, 6) is -1.13. The molecule has 0 amide bonds. The summed E-state index contributed by atoms with van der Waals surface area (Å²) in [4.78, 5) is 11.7. The van der Waals surface area contributed by atoms with Crippen molar-refractivity contribution in [2.45, 2.75) is 24.3 Å². The molecule has 7 nitrogen and oxygen atoms in total. The molecule has 0 aliphatic carbocycles. The van der Waals surface area contributed by atoms with Gasteiger partial charge < -0.3 is 4.74 Å². The Morgan fingerprint density at radius 3 is 2.46 bits per heavy atom. The zero-order valence-corrected chi connectivity index (χ0v) is 15.4. The third-order valence-corrected chi connectivity index (χ3v) is 7.54. The molecular formula is C14H18ClNO6S2. The average molecular weight is 396 g/mol. The van der Waals surface area contributed by atoms with Crippen LogP contribution in [0.4, 0.5) is 0 Å². The molecule has 0 unspecified atom stereocenters. The van der Waals surface area contributed by atoms with Gasteiger partial charge in [-0.1, -0.05) is 11.6 Å². The van der Waals surface area contributed by atoms with Gasteiger partial charge in [-0.3, -0.25) is 4.79 Å². The Hall–Kier alpha value is -1.16. The molecular weight excluding hydrogens is 378 g/mol. The van der Waals surface area contributed by atoms with Crippen molar-refractivity contribution < 1.29 is 26.4 Å². The van der Waals surface area contributed by atoms with Crippen molar-refractivity contribution in [3.63, 3.8) is 0 Å². The summed E-state index contributed by atoms with van der Waals surface area (Å²) in [6.45, 7) is 1.19. The number of sulfonamides is 1. The summed E-state index contributed by atoms with van der Waals surface area (Å²) in [5, 5.41) is 0.370. The van der Waals surface area contributed by atoms with Crippen molar-refractivity contribution in [3.8, 4) is 0 Å². The number of esters is 1. The first-order valence-corrected chi connectivity index (χ1v) is 10.9. The highest BCUT2D eigenvalue weighted by molar-refractivity contribution is 7.92. The van der Waals surface area contributed by atoms with E-state index in [4.69, 9.17) is 16.3 Å². The second kappa shape index (κ2) is 7.38. The highest BCUT2D eigenvalue weighted by atomic mass is 35.5. The lowest BCUT2D eigenvalue weighted by Crippen LogP contribution is -2.44. The van der Waals surface area contributed by atoms with Crippen molar-refractivity contribution in [1.82, 2.24) is 4.31 Å². The van der Waals surface area contributed by atoms with Crippen LogP contribution < -0.4 is 0 Å². The first-order valence-electron chi connectivity index (χ1n) is 7.29. The third kappa shape index (κ3) is 4.47. The number of hydrogen-bond donors (Lipinski definition) is 0. The first-order chi connectivity index (χ1) is 11.2. The van der Waals surface area contributed by atoms with E-state index < -0.39 is 38.4 Å². The van der Waals surface area contributed by atoms with Crippen LogP contribution in [0.15, 0.2) is 29.2 Å². The number of rotatable bonds is 6. The predicted molar refractivity (Wildman–Crippen MR) is 89.0 cm³/mol. The standard InChI is InChI=1S/C14H18ClNO6S2/c1-2-22-14(17)9-16(12-7-8-23(18,19)10-12)24(20,21)13-5-3-11(15)4-6-13/h3-6,12H,2,7-10H2,1H3/t12-/m0/s1. The number of hydrogen-bond acceptors (Lipinski definition) is 6. The number of ether oxygens (including phenoxy) is 1. The lowest BCUT2D eigenvalue weighted by atomic mass is 10.2. The van der Waals surface area contributed by atoms with Crippen LogP contribution >= 0.6 is 11.6 Å². The average Bonchev–Trinajstić information content (AvgIpc) is 2.85. The molecule has 1 aromatic carbocycles. The van der Waals surface area contributed by atoms with Gasteiger partial charge in [0.05, 0.1) is 23.0 Å². The summed E-state index contributed by atoms with van der Waals surface area (Å²) in [7, 11) is -7.37. The molecule has 0 N–H and O–H groups in total. The summed E-state index contributed by atoms with van der Waals surface area (Å²) in [5.41, 5.74) is 0. The number of carbonyl (C=O) groups excluding carboxylic acids is 1. The summed E-state index contributed by atoms with van der Waals surface area (Å²) in [6, 6.07) is 4.68. The molecule has 0 aromatic heterocycles. The molecule has 2 rings (SSSR count). The van der Waals surface area contributed by atoms with Crippen LogP contribution in [0.3, 0.4) is 0 Å². The Labute approximate surface area is 146 Å². The summed E-state index contributed by atoms with van der Waals surface area (Å²) in [6.07, 6.45) is 0.147. The SMILES string of the molecule is CCOC(=O)CN([C@H]1CCS(=O)(=O)C1)S(=O)(=O)c1ccc(Cl)cc1. The highest BCUT2D eigenvalue weighted by Gasteiger charge is 2.40. The molecule has 1 saturated heterocycles. The highest BCUT2D eigenvalue weighted by Crippen LogP contribution is 2.25. The van der Waals surface area contributed by atoms with Crippen molar-refractivity contribution in [3.05, 3.63) is 29.3 Å². The van der Waals surface area contributed by atoms with Crippen LogP contribution in [0.2, 0.25) is 5.02 Å². The van der Waals surface area contributed by atoms with E-state index >= 15 is 0 Å². The number of sulfone groups is 1. The molecule has 0 spiro atoms. The van der Waals surface area contributed by atoms with E-state index in [1.807, 2.05) is 0 Å². The maximum atomic E-state index is 12.9. The van der Waals surface area contributed by atoms with E-state index in [-0.39, 0.29) is 29.4 Å². The van der Waals surface area contributed by atoms with Gasteiger partial charge in [-0.2, -0.15) is 4.31 Å². The van der Waals surface area contributed by atoms with E-state index in [0.717, 1.165) is 4.31 Å². The van der Waals surface area contributed by atoms with Crippen LogP contribution in [0.25, 0.3) is 0 Å². The van der Waals surface area contributed by atoms with Gasteiger partial charge in [0.25, 0.3) is 0 Å². The smallest absolute Gasteiger partial charge is 0.321 e. The minimum atomic E-state index is -4.06. The molecule has 1 atom stereocenters. The fourth-order valence-electron chi connectivity index (χ4n) is 2.49. The summed E-state index contributed by atoms with van der Waals surface area (Å²) >= 11 is 5.77. The Bertz CT molecular complexity index is 804. The molecule has 1 aliphatic heterocycles. The van der Waals surface area contributed by atoms with E-state index in [2.05, 4.69) is 0 Å². The van der Waals surface area contributed by atoms with Crippen LogP contribution in [0.1, 0.15) is 13.3 Å². The van der Waals surface area contributed by atoms with Crippen LogP contribution in [-0.2, 0) is 29.4 Å². The van der Waals surface area contributed by atoms with E-state index in [1.165, 1.54) is 24.3 Å². The maximum Gasteiger partial charge on any atom is 0.321 e. The van der Waals surface area contributed by atoms with Crippen molar-refractivity contribution in [2.75, 3.05) is 24.7 Å². The van der Waals surface area contributed by atoms with Gasteiger partial charge in [-0.15, -0.1) is 0 Å². The minimum absolute atomic E-state index is 0.0551. The van der Waals surface area contributed by atoms with Crippen molar-refractivity contribution in [1.29, 1.82) is 0 Å². The first kappa shape index (κ1) is 19.2. The van der Waals surface area contributed by atoms with Gasteiger partial charge in [-0.25, -0.2) is 16.8 Å². The van der Waals surface area contributed by atoms with E-state index in [9.17, 15) is 21.6 Å². The van der Waals surface area contributed by atoms with Gasteiger partial charge in [0.15, 0.2) is 9.84 Å². The monoisotopic (exact) mass is 395 g/mol. The van der Waals surface area contributed by atoms with Gasteiger partial charge in [0.2, 0.25) is 10.0 Å². The molecule has 0 bridgehead atoms. The van der Waals surface area contributed by atoms with Gasteiger partial charge in [-0.05, 0) is 37.6 Å². The van der Waals surface area contributed by atoms with Gasteiger partial charge in [0.1, 0.15) is 6.54 Å². The molecule has 1 aromatic rings. The van der Waals surface area contributed by atoms with Crippen LogP contribution in [-0.4, -0.2) is 57.8 Å². The van der Waals surface area contributed by atoms with Crippen LogP contribution in [0, 0.1) is 0 Å². The van der Waals surface area contributed by atoms with Crippen LogP contribution in [0.5, 0.6) is 0 Å². The molecule has 1 heterocycles. The van der Waals surface area contributed by atoms with Gasteiger partial charge in [0, 0.05) is 11.1 Å². The number of carbonyl (C=O) groups is 1. The minimum Gasteiger partial charge on any atom is -0.465 e. The Morgan fingerprint density at radius 2 is 1.96 bits per heavy atom. The van der Waals surface area contributed by atoms with Crippen molar-refractivity contribution >= 4 is 37.4 Å². The molecule has 10 heteroatoms. The zero-order chi connectivity index (χ0) is 18.0. The molecule has 24 heavy (non-hydrogen) atoms. The quantitative estimate of drug-likeness (QED) is 0.668. The van der Waals surface area contributed by atoms with Gasteiger partial charge >= 0.3 is 5.97 Å². The predicted octanol–water partition coefficient (Wildman–Crippen LogP) is 1.08. The number of halogens is 1. The fraction of sp³-hybridized carbons (Fsp3) is 0.500. The fourth-order valence-corrected chi connectivity index (χ4v) is 6.04.